The van der Waals surface area contributed by atoms with E-state index in [0.29, 0.717) is 36.2 Å². The Morgan fingerprint density at radius 1 is 1.11 bits per heavy atom. The first kappa shape index (κ1) is 24.8. The van der Waals surface area contributed by atoms with Gasteiger partial charge in [0.2, 0.25) is 5.89 Å². The minimum absolute atomic E-state index is 0.235. The van der Waals surface area contributed by atoms with Gasteiger partial charge in [0, 0.05) is 38.3 Å². The number of hydrogen-bond donors (Lipinski definition) is 1. The molecule has 0 unspecified atom stereocenters. The Hall–Kier alpha value is -3.34. The van der Waals surface area contributed by atoms with Crippen molar-refractivity contribution in [1.82, 2.24) is 20.1 Å². The smallest absolute Gasteiger partial charge is 0.273 e. The Balaban J connectivity index is 1.43. The van der Waals surface area contributed by atoms with Crippen molar-refractivity contribution in [3.63, 3.8) is 0 Å². The van der Waals surface area contributed by atoms with Crippen LogP contribution in [0, 0.1) is 0 Å². The number of nitrogens with one attached hydrogen (secondary N) is 1. The van der Waals surface area contributed by atoms with Gasteiger partial charge in [-0.05, 0) is 18.2 Å². The number of morpholine rings is 1. The van der Waals surface area contributed by atoms with Gasteiger partial charge in [-0.3, -0.25) is 14.6 Å². The molecule has 1 aromatic carbocycles. The fourth-order valence-electron chi connectivity index (χ4n) is 3.99. The predicted molar refractivity (Wildman–Crippen MR) is 127 cm³/mol. The fraction of sp³-hybridized carbons (Fsp3) is 0.440. The maximum atomic E-state index is 12.5. The van der Waals surface area contributed by atoms with E-state index in [9.17, 15) is 4.79 Å². The molecule has 188 valence electrons. The first-order valence-corrected chi connectivity index (χ1v) is 11.6. The van der Waals surface area contributed by atoms with E-state index >= 15 is 0 Å². The molecule has 10 nitrogen and oxygen atoms in total. The van der Waals surface area contributed by atoms with E-state index < -0.39 is 0 Å². The van der Waals surface area contributed by atoms with Crippen LogP contribution >= 0.6 is 0 Å². The van der Waals surface area contributed by atoms with Gasteiger partial charge in [0.05, 0.1) is 46.8 Å². The van der Waals surface area contributed by atoms with Crippen molar-refractivity contribution in [2.45, 2.75) is 19.6 Å². The second kappa shape index (κ2) is 12.4. The maximum absolute atomic E-state index is 12.5. The molecule has 0 spiro atoms. The molecule has 0 bridgehead atoms. The largest absolute Gasteiger partial charge is 0.493 e. The number of amides is 1. The van der Waals surface area contributed by atoms with Crippen LogP contribution in [0.25, 0.3) is 0 Å². The SMILES string of the molecule is COc1cccc(CN(CCN2CCOCC2)Cc2nc(C(=O)NCc3ccco3)co2)c1OC. The number of furan rings is 1. The lowest BCUT2D eigenvalue weighted by Gasteiger charge is -2.30. The summed E-state index contributed by atoms with van der Waals surface area (Å²) < 4.78 is 27.5. The molecule has 0 aliphatic carbocycles. The molecule has 4 rings (SSSR count). The first-order valence-electron chi connectivity index (χ1n) is 11.6. The molecule has 1 aliphatic rings. The van der Waals surface area contributed by atoms with Crippen LogP contribution in [0.4, 0.5) is 0 Å². The van der Waals surface area contributed by atoms with Gasteiger partial charge in [0.1, 0.15) is 12.0 Å². The van der Waals surface area contributed by atoms with Crippen LogP contribution in [0.3, 0.4) is 0 Å². The zero-order chi connectivity index (χ0) is 24.5. The molecule has 0 radical (unpaired) electrons. The standard InChI is InChI=1S/C25H32N4O6/c1-31-22-7-3-5-19(24(22)32-2)16-29(9-8-28-10-13-33-14-11-28)17-23-27-21(18-35-23)25(30)26-15-20-6-4-12-34-20/h3-7,12,18H,8-11,13-17H2,1-2H3,(H,26,30). The van der Waals surface area contributed by atoms with Crippen LogP contribution in [0.15, 0.2) is 51.7 Å². The van der Waals surface area contributed by atoms with Crippen LogP contribution in [-0.4, -0.2) is 74.3 Å². The summed E-state index contributed by atoms with van der Waals surface area (Å²) in [6.07, 6.45) is 2.96. The van der Waals surface area contributed by atoms with Crippen molar-refractivity contribution < 1.29 is 27.8 Å². The lowest BCUT2D eigenvalue weighted by Crippen LogP contribution is -2.41. The van der Waals surface area contributed by atoms with Gasteiger partial charge >= 0.3 is 0 Å². The van der Waals surface area contributed by atoms with Crippen LogP contribution < -0.4 is 14.8 Å². The lowest BCUT2D eigenvalue weighted by molar-refractivity contribution is 0.0320. The topological polar surface area (TPSA) is 102 Å². The van der Waals surface area contributed by atoms with Crippen LogP contribution in [0.1, 0.15) is 27.7 Å². The number of para-hydroxylation sites is 1. The molecule has 1 N–H and O–H groups in total. The molecule has 1 aliphatic heterocycles. The third kappa shape index (κ3) is 6.84. The van der Waals surface area contributed by atoms with Gasteiger partial charge in [0.15, 0.2) is 17.2 Å². The van der Waals surface area contributed by atoms with Crippen LogP contribution in [0.5, 0.6) is 11.5 Å². The Kier molecular flexibility index (Phi) is 8.77. The van der Waals surface area contributed by atoms with Crippen molar-refractivity contribution in [2.75, 3.05) is 53.6 Å². The third-order valence-electron chi connectivity index (χ3n) is 5.86. The maximum Gasteiger partial charge on any atom is 0.273 e. The first-order chi connectivity index (χ1) is 17.2. The van der Waals surface area contributed by atoms with Crippen molar-refractivity contribution in [3.8, 4) is 11.5 Å². The third-order valence-corrected chi connectivity index (χ3v) is 5.86. The monoisotopic (exact) mass is 484 g/mol. The summed E-state index contributed by atoms with van der Waals surface area (Å²) in [5.74, 6) is 2.22. The summed E-state index contributed by atoms with van der Waals surface area (Å²) in [4.78, 5) is 21.5. The highest BCUT2D eigenvalue weighted by Gasteiger charge is 2.19. The summed E-state index contributed by atoms with van der Waals surface area (Å²) in [6.45, 7) is 6.32. The highest BCUT2D eigenvalue weighted by molar-refractivity contribution is 5.91. The molecule has 0 atom stereocenters. The molecule has 0 saturated carbocycles. The average Bonchev–Trinajstić information content (AvgIpc) is 3.59. The number of carbonyl (C=O) groups is 1. The van der Waals surface area contributed by atoms with Gasteiger partial charge in [-0.2, -0.15) is 0 Å². The summed E-state index contributed by atoms with van der Waals surface area (Å²) in [7, 11) is 3.27. The minimum Gasteiger partial charge on any atom is -0.493 e. The predicted octanol–water partition coefficient (Wildman–Crippen LogP) is 2.55. The highest BCUT2D eigenvalue weighted by atomic mass is 16.5. The number of benzene rings is 1. The Bertz CT molecular complexity index is 1060. The molecule has 2 aromatic heterocycles. The molecule has 35 heavy (non-hydrogen) atoms. The molecular weight excluding hydrogens is 452 g/mol. The number of carbonyl (C=O) groups excluding carboxylic acids is 1. The molecule has 1 amide bonds. The second-order valence-corrected chi connectivity index (χ2v) is 8.21. The lowest BCUT2D eigenvalue weighted by atomic mass is 10.1. The number of ether oxygens (including phenoxy) is 3. The van der Waals surface area contributed by atoms with E-state index in [1.54, 1.807) is 32.6 Å². The van der Waals surface area contributed by atoms with E-state index in [1.807, 2.05) is 18.2 Å². The molecule has 3 aromatic rings. The van der Waals surface area contributed by atoms with Crippen molar-refractivity contribution >= 4 is 5.91 Å². The summed E-state index contributed by atoms with van der Waals surface area (Å²) in [5, 5.41) is 2.79. The zero-order valence-electron chi connectivity index (χ0n) is 20.2. The Morgan fingerprint density at radius 3 is 2.71 bits per heavy atom. The second-order valence-electron chi connectivity index (χ2n) is 8.21. The molecule has 1 fully saturated rings. The minimum atomic E-state index is -0.314. The van der Waals surface area contributed by atoms with E-state index in [4.69, 9.17) is 23.0 Å². The Morgan fingerprint density at radius 2 is 1.97 bits per heavy atom. The van der Waals surface area contributed by atoms with Gasteiger partial charge in [-0.1, -0.05) is 12.1 Å². The van der Waals surface area contributed by atoms with Crippen LogP contribution in [0.2, 0.25) is 0 Å². The number of nitrogens with zero attached hydrogens (tertiary/aromatic N) is 3. The zero-order valence-corrected chi connectivity index (χ0v) is 20.2. The van der Waals surface area contributed by atoms with Gasteiger partial charge in [0.25, 0.3) is 5.91 Å². The van der Waals surface area contributed by atoms with Crippen molar-refractivity contribution in [1.29, 1.82) is 0 Å². The fourth-order valence-corrected chi connectivity index (χ4v) is 3.99. The van der Waals surface area contributed by atoms with Gasteiger partial charge in [-0.25, -0.2) is 4.98 Å². The van der Waals surface area contributed by atoms with Gasteiger partial charge in [-0.15, -0.1) is 0 Å². The molecular formula is C25H32N4O6. The van der Waals surface area contributed by atoms with Crippen molar-refractivity contribution in [3.05, 3.63) is 65.8 Å². The summed E-state index contributed by atoms with van der Waals surface area (Å²) >= 11 is 0. The van der Waals surface area contributed by atoms with Crippen LogP contribution in [-0.2, 0) is 24.4 Å². The normalized spacial score (nSPS) is 14.3. The van der Waals surface area contributed by atoms with Gasteiger partial charge < -0.3 is 28.4 Å². The van der Waals surface area contributed by atoms with Crippen molar-refractivity contribution in [2.24, 2.45) is 0 Å². The quantitative estimate of drug-likeness (QED) is 0.415. The van der Waals surface area contributed by atoms with E-state index in [2.05, 4.69) is 20.1 Å². The molecule has 1 saturated heterocycles. The highest BCUT2D eigenvalue weighted by Crippen LogP contribution is 2.31. The summed E-state index contributed by atoms with van der Waals surface area (Å²) in [5.41, 5.74) is 1.23. The van der Waals surface area contributed by atoms with E-state index in [-0.39, 0.29) is 18.1 Å². The average molecular weight is 485 g/mol. The number of hydrogen-bond acceptors (Lipinski definition) is 9. The number of rotatable bonds is 12. The summed E-state index contributed by atoms with van der Waals surface area (Å²) in [6, 6.07) is 9.42. The van der Waals surface area contributed by atoms with E-state index in [1.165, 1.54) is 6.26 Å². The molecule has 10 heteroatoms. The number of oxazole rings is 1. The Labute approximate surface area is 204 Å². The molecule has 3 heterocycles. The van der Waals surface area contributed by atoms with E-state index in [0.717, 1.165) is 45.0 Å². The number of methoxy groups -OCH3 is 2. The number of aromatic nitrogens is 1.